The highest BCUT2D eigenvalue weighted by atomic mass is 28.4. The molecule has 2 rings (SSSR count). The van der Waals surface area contributed by atoms with Gasteiger partial charge in [0.15, 0.2) is 8.32 Å². The predicted molar refractivity (Wildman–Crippen MR) is 96.7 cm³/mol. The Kier molecular flexibility index (Phi) is 5.84. The SMILES string of the molecule is CC1=CC(CCO[Si](C)(C)C(C)(C)C)OO[C@H]1c1ccccc1. The molecule has 1 aliphatic rings. The molecule has 0 N–H and O–H groups in total. The van der Waals surface area contributed by atoms with Crippen LogP contribution in [-0.2, 0) is 14.2 Å². The van der Waals surface area contributed by atoms with Crippen LogP contribution in [0.1, 0.15) is 45.8 Å². The van der Waals surface area contributed by atoms with Crippen LogP contribution in [0.3, 0.4) is 0 Å². The van der Waals surface area contributed by atoms with Gasteiger partial charge in [-0.3, -0.25) is 0 Å². The van der Waals surface area contributed by atoms with Crippen molar-refractivity contribution < 1.29 is 14.2 Å². The van der Waals surface area contributed by atoms with Crippen LogP contribution >= 0.6 is 0 Å². The van der Waals surface area contributed by atoms with Crippen LogP contribution in [-0.4, -0.2) is 21.0 Å². The summed E-state index contributed by atoms with van der Waals surface area (Å²) in [5, 5.41) is 0.237. The van der Waals surface area contributed by atoms with Crippen LogP contribution in [0, 0.1) is 0 Å². The number of hydrogen-bond acceptors (Lipinski definition) is 3. The van der Waals surface area contributed by atoms with Crippen molar-refractivity contribution >= 4 is 8.32 Å². The van der Waals surface area contributed by atoms with Gasteiger partial charge >= 0.3 is 0 Å². The van der Waals surface area contributed by atoms with Crippen molar-refractivity contribution in [3.63, 3.8) is 0 Å². The van der Waals surface area contributed by atoms with Crippen molar-refractivity contribution in [2.45, 2.75) is 64.5 Å². The van der Waals surface area contributed by atoms with Crippen LogP contribution in [0.25, 0.3) is 0 Å². The number of hydrogen-bond donors (Lipinski definition) is 0. The first-order chi connectivity index (χ1) is 10.7. The Hall–Kier alpha value is -0.943. The average Bonchev–Trinajstić information content (AvgIpc) is 2.47. The predicted octanol–water partition coefficient (Wildman–Crippen LogP) is 5.42. The highest BCUT2D eigenvalue weighted by Gasteiger charge is 2.37. The molecule has 1 heterocycles. The first-order valence-corrected chi connectivity index (χ1v) is 11.3. The lowest BCUT2D eigenvalue weighted by Crippen LogP contribution is -2.41. The Morgan fingerprint density at radius 1 is 1.09 bits per heavy atom. The van der Waals surface area contributed by atoms with E-state index in [1.807, 2.05) is 18.2 Å². The van der Waals surface area contributed by atoms with Gasteiger partial charge in [-0.2, -0.15) is 0 Å². The Morgan fingerprint density at radius 2 is 1.74 bits per heavy atom. The van der Waals surface area contributed by atoms with Crippen LogP contribution in [0.15, 0.2) is 42.0 Å². The van der Waals surface area contributed by atoms with Gasteiger partial charge in [0.1, 0.15) is 12.2 Å². The molecule has 0 amide bonds. The quantitative estimate of drug-likeness (QED) is 0.409. The molecular formula is C19H30O3Si. The van der Waals surface area contributed by atoms with Crippen molar-refractivity contribution in [2.75, 3.05) is 6.61 Å². The second-order valence-electron chi connectivity index (χ2n) is 7.83. The van der Waals surface area contributed by atoms with Gasteiger partial charge in [0, 0.05) is 13.0 Å². The van der Waals surface area contributed by atoms with Gasteiger partial charge in [0.05, 0.1) is 0 Å². The summed E-state index contributed by atoms with van der Waals surface area (Å²) in [5.41, 5.74) is 2.32. The normalized spacial score (nSPS) is 22.8. The molecular weight excluding hydrogens is 304 g/mol. The molecule has 128 valence electrons. The lowest BCUT2D eigenvalue weighted by atomic mass is 10.0. The molecule has 0 radical (unpaired) electrons. The molecule has 1 unspecified atom stereocenters. The van der Waals surface area contributed by atoms with Crippen molar-refractivity contribution in [3.05, 3.63) is 47.5 Å². The maximum atomic E-state index is 6.22. The molecule has 0 saturated heterocycles. The zero-order valence-electron chi connectivity index (χ0n) is 15.3. The molecule has 23 heavy (non-hydrogen) atoms. The van der Waals surface area contributed by atoms with Crippen LogP contribution in [0.4, 0.5) is 0 Å². The summed E-state index contributed by atoms with van der Waals surface area (Å²) >= 11 is 0. The molecule has 0 spiro atoms. The molecule has 1 aromatic rings. The monoisotopic (exact) mass is 334 g/mol. The van der Waals surface area contributed by atoms with E-state index in [-0.39, 0.29) is 17.2 Å². The van der Waals surface area contributed by atoms with Gasteiger partial charge in [0.25, 0.3) is 0 Å². The molecule has 0 fully saturated rings. The molecule has 1 aliphatic heterocycles. The lowest BCUT2D eigenvalue weighted by Gasteiger charge is -2.36. The molecule has 3 nitrogen and oxygen atoms in total. The Morgan fingerprint density at radius 3 is 2.30 bits per heavy atom. The topological polar surface area (TPSA) is 27.7 Å². The van der Waals surface area contributed by atoms with Crippen LogP contribution in [0.5, 0.6) is 0 Å². The molecule has 0 aliphatic carbocycles. The summed E-state index contributed by atoms with van der Waals surface area (Å²) in [5.74, 6) is 0. The minimum atomic E-state index is -1.69. The fraction of sp³-hybridized carbons (Fsp3) is 0.579. The van der Waals surface area contributed by atoms with Crippen LogP contribution < -0.4 is 0 Å². The van der Waals surface area contributed by atoms with E-state index in [0.29, 0.717) is 6.61 Å². The van der Waals surface area contributed by atoms with E-state index < -0.39 is 8.32 Å². The summed E-state index contributed by atoms with van der Waals surface area (Å²) in [6.45, 7) is 14.1. The highest BCUT2D eigenvalue weighted by Crippen LogP contribution is 2.37. The minimum Gasteiger partial charge on any atom is -0.417 e. The number of rotatable bonds is 5. The summed E-state index contributed by atoms with van der Waals surface area (Å²) in [7, 11) is -1.69. The van der Waals surface area contributed by atoms with E-state index in [2.05, 4.69) is 59.0 Å². The Labute approximate surface area is 141 Å². The molecule has 0 saturated carbocycles. The maximum Gasteiger partial charge on any atom is 0.191 e. The number of benzene rings is 1. The first kappa shape index (κ1) is 18.4. The van der Waals surface area contributed by atoms with Crippen LogP contribution in [0.2, 0.25) is 18.1 Å². The Bertz CT molecular complexity index is 531. The van der Waals surface area contributed by atoms with Crippen molar-refractivity contribution in [2.24, 2.45) is 0 Å². The van der Waals surface area contributed by atoms with Crippen molar-refractivity contribution in [1.82, 2.24) is 0 Å². The van der Waals surface area contributed by atoms with E-state index in [9.17, 15) is 0 Å². The fourth-order valence-electron chi connectivity index (χ4n) is 2.34. The maximum absolute atomic E-state index is 6.22. The standard InChI is InChI=1S/C19H30O3Si/c1-15-14-17(12-13-20-23(5,6)19(2,3)4)21-22-18(15)16-10-8-7-9-11-16/h7-11,14,17-18H,12-13H2,1-6H3/t17?,18-/m1/s1. The Balaban J connectivity index is 1.89. The third-order valence-electron chi connectivity index (χ3n) is 4.91. The minimum absolute atomic E-state index is 0.0280. The third kappa shape index (κ3) is 4.77. The largest absolute Gasteiger partial charge is 0.417 e. The first-order valence-electron chi connectivity index (χ1n) is 8.40. The molecule has 0 bridgehead atoms. The zero-order valence-corrected chi connectivity index (χ0v) is 16.3. The van der Waals surface area contributed by atoms with Gasteiger partial charge in [-0.15, -0.1) is 0 Å². The molecule has 4 heteroatoms. The highest BCUT2D eigenvalue weighted by molar-refractivity contribution is 6.74. The van der Waals surface area contributed by atoms with Crippen molar-refractivity contribution in [1.29, 1.82) is 0 Å². The molecule has 1 aromatic carbocycles. The van der Waals surface area contributed by atoms with Gasteiger partial charge in [-0.05, 0) is 36.2 Å². The third-order valence-corrected chi connectivity index (χ3v) is 9.45. The second-order valence-corrected chi connectivity index (χ2v) is 12.6. The molecule has 0 aromatic heterocycles. The molecule has 2 atom stereocenters. The smallest absolute Gasteiger partial charge is 0.191 e. The van der Waals surface area contributed by atoms with Gasteiger partial charge in [-0.1, -0.05) is 57.2 Å². The van der Waals surface area contributed by atoms with E-state index in [4.69, 9.17) is 14.2 Å². The lowest BCUT2D eigenvalue weighted by molar-refractivity contribution is -0.346. The van der Waals surface area contributed by atoms with Crippen molar-refractivity contribution in [3.8, 4) is 0 Å². The summed E-state index contributed by atoms with van der Waals surface area (Å²) in [6, 6.07) is 10.2. The summed E-state index contributed by atoms with van der Waals surface area (Å²) < 4.78 is 6.22. The van der Waals surface area contributed by atoms with Gasteiger partial charge in [0.2, 0.25) is 0 Å². The van der Waals surface area contributed by atoms with Gasteiger partial charge < -0.3 is 4.43 Å². The van der Waals surface area contributed by atoms with E-state index in [1.165, 1.54) is 5.57 Å². The van der Waals surface area contributed by atoms with Gasteiger partial charge in [-0.25, -0.2) is 9.78 Å². The zero-order chi connectivity index (χ0) is 17.1. The summed E-state index contributed by atoms with van der Waals surface area (Å²) in [4.78, 5) is 11.2. The fourth-order valence-corrected chi connectivity index (χ4v) is 3.40. The second kappa shape index (κ2) is 7.30. The average molecular weight is 335 g/mol. The summed E-state index contributed by atoms with van der Waals surface area (Å²) in [6.07, 6.45) is 2.86. The van der Waals surface area contributed by atoms with E-state index in [1.54, 1.807) is 0 Å². The van der Waals surface area contributed by atoms with E-state index in [0.717, 1.165) is 12.0 Å². The van der Waals surface area contributed by atoms with E-state index >= 15 is 0 Å².